The summed E-state index contributed by atoms with van der Waals surface area (Å²) in [7, 11) is -3.70. The fraction of sp³-hybridized carbons (Fsp3) is 0.357. The second kappa shape index (κ2) is 5.03. The molecule has 0 unspecified atom stereocenters. The Morgan fingerprint density at radius 1 is 1.33 bits per heavy atom. The van der Waals surface area contributed by atoms with Crippen molar-refractivity contribution in [3.63, 3.8) is 0 Å². The maximum absolute atomic E-state index is 12.9. The normalized spacial score (nSPS) is 15.1. The van der Waals surface area contributed by atoms with E-state index in [1.54, 1.807) is 25.1 Å². The van der Waals surface area contributed by atoms with Gasteiger partial charge in [-0.1, -0.05) is 23.7 Å². The quantitative estimate of drug-likeness (QED) is 0.923. The molecule has 21 heavy (non-hydrogen) atoms. The number of aromatic amines is 1. The summed E-state index contributed by atoms with van der Waals surface area (Å²) in [4.78, 5) is 0.137. The number of nitrogens with one attached hydrogen (secondary N) is 1. The lowest BCUT2D eigenvalue weighted by Crippen LogP contribution is -2.35. The van der Waals surface area contributed by atoms with Crippen molar-refractivity contribution in [3.8, 4) is 0 Å². The number of rotatable bonds is 2. The highest BCUT2D eigenvalue weighted by molar-refractivity contribution is 7.93. The molecule has 1 aromatic heterocycles. The Morgan fingerprint density at radius 3 is 2.86 bits per heavy atom. The second-order valence-corrected chi connectivity index (χ2v) is 7.43. The fourth-order valence-electron chi connectivity index (χ4n) is 2.62. The van der Waals surface area contributed by atoms with Crippen molar-refractivity contribution >= 4 is 27.4 Å². The van der Waals surface area contributed by atoms with Crippen LogP contribution >= 0.6 is 11.6 Å². The van der Waals surface area contributed by atoms with E-state index >= 15 is 0 Å². The molecule has 0 saturated heterocycles. The number of aromatic nitrogens is 2. The molecule has 3 rings (SSSR count). The molecule has 1 aliphatic heterocycles. The number of halogens is 1. The maximum Gasteiger partial charge on any atom is 0.267 e. The Balaban J connectivity index is 2.14. The molecule has 7 heteroatoms. The molecule has 1 aliphatic rings. The van der Waals surface area contributed by atoms with Crippen LogP contribution in [0.15, 0.2) is 23.1 Å². The molecule has 5 nitrogen and oxygen atoms in total. The van der Waals surface area contributed by atoms with Crippen molar-refractivity contribution in [3.05, 3.63) is 40.0 Å². The first-order valence-electron chi connectivity index (χ1n) is 6.74. The van der Waals surface area contributed by atoms with Crippen LogP contribution in [-0.4, -0.2) is 25.2 Å². The van der Waals surface area contributed by atoms with Crippen LogP contribution < -0.4 is 4.31 Å². The van der Waals surface area contributed by atoms with Crippen LogP contribution in [0.2, 0.25) is 5.02 Å². The third-order valence-corrected chi connectivity index (χ3v) is 6.25. The van der Waals surface area contributed by atoms with Crippen LogP contribution in [0.4, 0.5) is 5.82 Å². The maximum atomic E-state index is 12.9. The van der Waals surface area contributed by atoms with Crippen LogP contribution in [0.25, 0.3) is 0 Å². The largest absolute Gasteiger partial charge is 0.280 e. The molecule has 112 valence electrons. The molecule has 0 radical (unpaired) electrons. The molecular weight excluding hydrogens is 310 g/mol. The minimum atomic E-state index is -3.70. The molecular formula is C14H16ClN3O2S. The molecule has 0 fully saturated rings. The lowest BCUT2D eigenvalue weighted by molar-refractivity contribution is 0.585. The van der Waals surface area contributed by atoms with Gasteiger partial charge in [-0.3, -0.25) is 5.10 Å². The van der Waals surface area contributed by atoms with E-state index in [0.717, 1.165) is 29.7 Å². The summed E-state index contributed by atoms with van der Waals surface area (Å²) in [5.41, 5.74) is 2.63. The van der Waals surface area contributed by atoms with Gasteiger partial charge in [0.2, 0.25) is 0 Å². The van der Waals surface area contributed by atoms with Crippen LogP contribution in [0.5, 0.6) is 0 Å². The van der Waals surface area contributed by atoms with Crippen molar-refractivity contribution in [1.82, 2.24) is 10.2 Å². The smallest absolute Gasteiger partial charge is 0.267 e. The average molecular weight is 326 g/mol. The van der Waals surface area contributed by atoms with Gasteiger partial charge in [0.15, 0.2) is 5.82 Å². The van der Waals surface area contributed by atoms with Gasteiger partial charge in [0.1, 0.15) is 4.90 Å². The summed E-state index contributed by atoms with van der Waals surface area (Å²) in [6, 6.07) is 5.04. The van der Waals surface area contributed by atoms with Gasteiger partial charge < -0.3 is 0 Å². The minimum Gasteiger partial charge on any atom is -0.280 e. The van der Waals surface area contributed by atoms with E-state index in [1.165, 1.54) is 4.31 Å². The highest BCUT2D eigenvalue weighted by Crippen LogP contribution is 2.34. The predicted molar refractivity (Wildman–Crippen MR) is 82.4 cm³/mol. The van der Waals surface area contributed by atoms with Crippen molar-refractivity contribution in [2.45, 2.75) is 31.6 Å². The second-order valence-electron chi connectivity index (χ2n) is 5.22. The first kappa shape index (κ1) is 14.4. The molecule has 2 aromatic rings. The van der Waals surface area contributed by atoms with Crippen LogP contribution in [0.3, 0.4) is 0 Å². The number of fused-ring (bicyclic) bond motifs is 1. The molecule has 0 aliphatic carbocycles. The number of anilines is 1. The summed E-state index contributed by atoms with van der Waals surface area (Å²) in [6.07, 6.45) is 1.61. The lowest BCUT2D eigenvalue weighted by atomic mass is 10.1. The molecule has 0 bridgehead atoms. The number of H-pyrrole nitrogens is 1. The van der Waals surface area contributed by atoms with Gasteiger partial charge in [-0.2, -0.15) is 5.10 Å². The molecule has 2 heterocycles. The summed E-state index contributed by atoms with van der Waals surface area (Å²) in [6.45, 7) is 4.12. The van der Waals surface area contributed by atoms with E-state index in [9.17, 15) is 8.42 Å². The first-order chi connectivity index (χ1) is 9.93. The summed E-state index contributed by atoms with van der Waals surface area (Å²) in [5.74, 6) is 0.497. The van der Waals surface area contributed by atoms with Gasteiger partial charge in [0.25, 0.3) is 10.0 Å². The molecule has 1 N–H and O–H groups in total. The topological polar surface area (TPSA) is 66.1 Å². The molecule has 0 amide bonds. The van der Waals surface area contributed by atoms with E-state index in [4.69, 9.17) is 11.6 Å². The highest BCUT2D eigenvalue weighted by Gasteiger charge is 2.33. The Kier molecular flexibility index (Phi) is 3.45. The highest BCUT2D eigenvalue weighted by atomic mass is 35.5. The van der Waals surface area contributed by atoms with Gasteiger partial charge >= 0.3 is 0 Å². The third-order valence-electron chi connectivity index (χ3n) is 3.80. The van der Waals surface area contributed by atoms with Crippen molar-refractivity contribution < 1.29 is 8.42 Å². The fourth-order valence-corrected chi connectivity index (χ4v) is 4.66. The van der Waals surface area contributed by atoms with Crippen molar-refractivity contribution in [2.24, 2.45) is 0 Å². The third kappa shape index (κ3) is 2.22. The Bertz CT molecular complexity index is 799. The Hall–Kier alpha value is -1.53. The van der Waals surface area contributed by atoms with Crippen molar-refractivity contribution in [1.29, 1.82) is 0 Å². The Labute approximate surface area is 129 Å². The van der Waals surface area contributed by atoms with E-state index < -0.39 is 10.0 Å². The zero-order valence-electron chi connectivity index (χ0n) is 11.9. The van der Waals surface area contributed by atoms with Crippen molar-refractivity contribution in [2.75, 3.05) is 10.8 Å². The monoisotopic (exact) mass is 325 g/mol. The number of sulfonamides is 1. The number of benzene rings is 1. The summed E-state index contributed by atoms with van der Waals surface area (Å²) in [5, 5.41) is 7.30. The van der Waals surface area contributed by atoms with E-state index in [0.29, 0.717) is 12.4 Å². The number of nitrogens with zero attached hydrogens (tertiary/aromatic N) is 2. The number of aryl methyl sites for hydroxylation is 2. The van der Waals surface area contributed by atoms with E-state index in [1.807, 2.05) is 6.92 Å². The number of hydrogen-bond donors (Lipinski definition) is 1. The van der Waals surface area contributed by atoms with Crippen LogP contribution in [0.1, 0.15) is 23.2 Å². The van der Waals surface area contributed by atoms with Gasteiger partial charge in [-0.15, -0.1) is 0 Å². The average Bonchev–Trinajstić information content (AvgIpc) is 2.83. The standard InChI is InChI=1S/C14H16ClN3O2S/c1-9-5-3-7-12(13(9)15)21(19,20)18-8-4-6-11-10(2)16-17-14(11)18/h3,5,7H,4,6,8H2,1-2H3,(H,16,17). The molecule has 0 saturated carbocycles. The van der Waals surface area contributed by atoms with Gasteiger partial charge in [-0.25, -0.2) is 12.7 Å². The van der Waals surface area contributed by atoms with Gasteiger partial charge in [0.05, 0.1) is 5.02 Å². The molecule has 0 spiro atoms. The van der Waals surface area contributed by atoms with Gasteiger partial charge in [-0.05, 0) is 38.3 Å². The first-order valence-corrected chi connectivity index (χ1v) is 8.56. The van der Waals surface area contributed by atoms with Gasteiger partial charge in [0, 0.05) is 17.8 Å². The predicted octanol–water partition coefficient (Wildman–Crippen LogP) is 2.82. The molecule has 1 aromatic carbocycles. The molecule has 0 atom stereocenters. The zero-order valence-corrected chi connectivity index (χ0v) is 13.4. The Morgan fingerprint density at radius 2 is 2.10 bits per heavy atom. The van der Waals surface area contributed by atoms with Crippen LogP contribution in [0, 0.1) is 13.8 Å². The summed E-state index contributed by atoms with van der Waals surface area (Å²) >= 11 is 6.20. The minimum absolute atomic E-state index is 0.137. The van der Waals surface area contributed by atoms with Crippen LogP contribution in [-0.2, 0) is 16.4 Å². The number of hydrogen-bond acceptors (Lipinski definition) is 3. The zero-order chi connectivity index (χ0) is 15.2. The lowest BCUT2D eigenvalue weighted by Gasteiger charge is -2.27. The van der Waals surface area contributed by atoms with E-state index in [-0.39, 0.29) is 9.92 Å². The summed E-state index contributed by atoms with van der Waals surface area (Å²) < 4.78 is 27.2. The SMILES string of the molecule is Cc1cccc(S(=O)(=O)N2CCCc3c2n[nH]c3C)c1Cl. The van der Waals surface area contributed by atoms with E-state index in [2.05, 4.69) is 10.2 Å².